The second-order valence-corrected chi connectivity index (χ2v) is 5.14. The van der Waals surface area contributed by atoms with Gasteiger partial charge in [0.05, 0.1) is 0 Å². The molecule has 0 bridgehead atoms. The van der Waals surface area contributed by atoms with E-state index in [0.717, 1.165) is 18.4 Å². The third-order valence-corrected chi connectivity index (χ3v) is 3.47. The Morgan fingerprint density at radius 2 is 1.40 bits per heavy atom. The van der Waals surface area contributed by atoms with Crippen LogP contribution in [0, 0.1) is 5.41 Å². The SMILES string of the molecule is CC(N)c1ccc(CCc2ccc(C(=N)N)cc2)cc1. The van der Waals surface area contributed by atoms with Gasteiger partial charge in [-0.25, -0.2) is 0 Å². The van der Waals surface area contributed by atoms with Crippen LogP contribution in [0.1, 0.15) is 35.2 Å². The van der Waals surface area contributed by atoms with Gasteiger partial charge in [0.25, 0.3) is 0 Å². The number of nitrogens with one attached hydrogen (secondary N) is 1. The molecule has 5 N–H and O–H groups in total. The van der Waals surface area contributed by atoms with Gasteiger partial charge in [-0.3, -0.25) is 5.41 Å². The smallest absolute Gasteiger partial charge is 0.122 e. The summed E-state index contributed by atoms with van der Waals surface area (Å²) in [5.74, 6) is 0.114. The summed E-state index contributed by atoms with van der Waals surface area (Å²) < 4.78 is 0. The molecular formula is C17H21N3. The Morgan fingerprint density at radius 1 is 0.950 bits per heavy atom. The molecule has 0 aliphatic carbocycles. The van der Waals surface area contributed by atoms with Crippen LogP contribution in [0.25, 0.3) is 0 Å². The number of hydrogen-bond acceptors (Lipinski definition) is 2. The molecule has 2 rings (SSSR count). The van der Waals surface area contributed by atoms with E-state index in [9.17, 15) is 0 Å². The second-order valence-electron chi connectivity index (χ2n) is 5.14. The van der Waals surface area contributed by atoms with Crippen molar-refractivity contribution in [3.05, 3.63) is 70.8 Å². The average Bonchev–Trinajstić information content (AvgIpc) is 2.46. The molecule has 0 aliphatic heterocycles. The van der Waals surface area contributed by atoms with Gasteiger partial charge in [0.2, 0.25) is 0 Å². The molecule has 3 nitrogen and oxygen atoms in total. The van der Waals surface area contributed by atoms with Crippen LogP contribution < -0.4 is 11.5 Å². The lowest BCUT2D eigenvalue weighted by Crippen LogP contribution is -2.10. The third-order valence-electron chi connectivity index (χ3n) is 3.47. The van der Waals surface area contributed by atoms with E-state index in [1.165, 1.54) is 16.7 Å². The molecule has 0 aliphatic rings. The largest absolute Gasteiger partial charge is 0.384 e. The maximum Gasteiger partial charge on any atom is 0.122 e. The first-order chi connectivity index (χ1) is 9.56. The van der Waals surface area contributed by atoms with E-state index in [1.807, 2.05) is 31.2 Å². The van der Waals surface area contributed by atoms with Crippen LogP contribution in [0.5, 0.6) is 0 Å². The fraction of sp³-hybridized carbons (Fsp3) is 0.235. The standard InChI is InChI=1S/C17H21N3/c1-12(18)15-8-4-13(5-9-15)2-3-14-6-10-16(11-7-14)17(19)20/h4-12H,2-3,18H2,1H3,(H3,19,20). The van der Waals surface area contributed by atoms with Gasteiger partial charge >= 0.3 is 0 Å². The highest BCUT2D eigenvalue weighted by Gasteiger charge is 2.01. The minimum absolute atomic E-state index is 0.0863. The Kier molecular flexibility index (Phi) is 4.53. The molecule has 0 aromatic heterocycles. The summed E-state index contributed by atoms with van der Waals surface area (Å²) in [7, 11) is 0. The Hall–Kier alpha value is -2.13. The maximum absolute atomic E-state index is 7.36. The lowest BCUT2D eigenvalue weighted by Gasteiger charge is -2.07. The minimum Gasteiger partial charge on any atom is -0.384 e. The number of nitrogens with two attached hydrogens (primary N) is 2. The van der Waals surface area contributed by atoms with Gasteiger partial charge in [-0.2, -0.15) is 0 Å². The number of nitrogen functional groups attached to an aromatic ring is 1. The van der Waals surface area contributed by atoms with E-state index >= 15 is 0 Å². The quantitative estimate of drug-likeness (QED) is 0.575. The van der Waals surface area contributed by atoms with Gasteiger partial charge in [-0.05, 0) is 36.5 Å². The van der Waals surface area contributed by atoms with Gasteiger partial charge in [-0.1, -0.05) is 48.5 Å². The summed E-state index contributed by atoms with van der Waals surface area (Å²) in [5, 5.41) is 7.36. The summed E-state index contributed by atoms with van der Waals surface area (Å²) in [6, 6.07) is 16.4. The Morgan fingerprint density at radius 3 is 1.80 bits per heavy atom. The van der Waals surface area contributed by atoms with Crippen molar-refractivity contribution in [1.82, 2.24) is 0 Å². The highest BCUT2D eigenvalue weighted by Crippen LogP contribution is 2.13. The molecular weight excluding hydrogens is 246 g/mol. The number of benzene rings is 2. The first kappa shape index (κ1) is 14.3. The maximum atomic E-state index is 7.36. The van der Waals surface area contributed by atoms with Crippen LogP contribution in [0.15, 0.2) is 48.5 Å². The first-order valence-electron chi connectivity index (χ1n) is 6.84. The summed E-state index contributed by atoms with van der Waals surface area (Å²) >= 11 is 0. The zero-order valence-corrected chi connectivity index (χ0v) is 11.8. The van der Waals surface area contributed by atoms with Crippen molar-refractivity contribution < 1.29 is 0 Å². The minimum atomic E-state index is 0.0863. The molecule has 0 amide bonds. The van der Waals surface area contributed by atoms with E-state index in [0.29, 0.717) is 0 Å². The molecule has 0 fully saturated rings. The molecule has 2 aromatic carbocycles. The van der Waals surface area contributed by atoms with Crippen molar-refractivity contribution in [1.29, 1.82) is 5.41 Å². The van der Waals surface area contributed by atoms with Gasteiger partial charge in [0.15, 0.2) is 0 Å². The number of rotatable bonds is 5. The van der Waals surface area contributed by atoms with Crippen molar-refractivity contribution in [2.45, 2.75) is 25.8 Å². The molecule has 0 saturated heterocycles. The molecule has 1 atom stereocenters. The molecule has 0 spiro atoms. The zero-order valence-electron chi connectivity index (χ0n) is 11.8. The van der Waals surface area contributed by atoms with Crippen molar-refractivity contribution >= 4 is 5.84 Å². The summed E-state index contributed by atoms with van der Waals surface area (Å²) in [5.41, 5.74) is 15.8. The Labute approximate surface area is 120 Å². The van der Waals surface area contributed by atoms with Crippen LogP contribution in [0.2, 0.25) is 0 Å². The predicted octanol–water partition coefficient (Wildman–Crippen LogP) is 2.78. The lowest BCUT2D eigenvalue weighted by molar-refractivity contribution is 0.816. The number of amidine groups is 1. The molecule has 3 heteroatoms. The average molecular weight is 267 g/mol. The van der Waals surface area contributed by atoms with Crippen molar-refractivity contribution in [3.8, 4) is 0 Å². The highest BCUT2D eigenvalue weighted by molar-refractivity contribution is 5.94. The van der Waals surface area contributed by atoms with Crippen LogP contribution in [0.3, 0.4) is 0 Å². The van der Waals surface area contributed by atoms with E-state index in [-0.39, 0.29) is 11.9 Å². The van der Waals surface area contributed by atoms with Crippen molar-refractivity contribution in [2.75, 3.05) is 0 Å². The van der Waals surface area contributed by atoms with Gasteiger partial charge in [0.1, 0.15) is 5.84 Å². The molecule has 0 radical (unpaired) electrons. The van der Waals surface area contributed by atoms with Gasteiger partial charge in [-0.15, -0.1) is 0 Å². The lowest BCUT2D eigenvalue weighted by atomic mass is 10.0. The monoisotopic (exact) mass is 267 g/mol. The molecule has 2 aromatic rings. The molecule has 0 heterocycles. The summed E-state index contributed by atoms with van der Waals surface area (Å²) in [6.07, 6.45) is 1.98. The fourth-order valence-corrected chi connectivity index (χ4v) is 2.13. The van der Waals surface area contributed by atoms with E-state index in [4.69, 9.17) is 16.9 Å². The van der Waals surface area contributed by atoms with Crippen LogP contribution in [0.4, 0.5) is 0 Å². The van der Waals surface area contributed by atoms with E-state index in [1.54, 1.807) is 0 Å². The Balaban J connectivity index is 1.96. The third kappa shape index (κ3) is 3.68. The normalized spacial score (nSPS) is 12.1. The predicted molar refractivity (Wildman–Crippen MR) is 83.9 cm³/mol. The van der Waals surface area contributed by atoms with E-state index in [2.05, 4.69) is 24.3 Å². The Bertz CT molecular complexity index is 568. The van der Waals surface area contributed by atoms with Gasteiger partial charge in [0, 0.05) is 11.6 Å². The molecule has 20 heavy (non-hydrogen) atoms. The fourth-order valence-electron chi connectivity index (χ4n) is 2.13. The highest BCUT2D eigenvalue weighted by atomic mass is 14.7. The number of aryl methyl sites for hydroxylation is 2. The number of hydrogen-bond donors (Lipinski definition) is 3. The van der Waals surface area contributed by atoms with Crippen molar-refractivity contribution in [3.63, 3.8) is 0 Å². The van der Waals surface area contributed by atoms with E-state index < -0.39 is 0 Å². The summed E-state index contributed by atoms with van der Waals surface area (Å²) in [4.78, 5) is 0. The molecule has 104 valence electrons. The van der Waals surface area contributed by atoms with Crippen LogP contribution >= 0.6 is 0 Å². The second kappa shape index (κ2) is 6.35. The zero-order chi connectivity index (χ0) is 14.5. The first-order valence-corrected chi connectivity index (χ1v) is 6.84. The van der Waals surface area contributed by atoms with Crippen molar-refractivity contribution in [2.24, 2.45) is 11.5 Å². The molecule has 1 unspecified atom stereocenters. The molecule has 0 saturated carbocycles. The topological polar surface area (TPSA) is 75.9 Å². The van der Waals surface area contributed by atoms with Gasteiger partial charge < -0.3 is 11.5 Å². The van der Waals surface area contributed by atoms with Crippen LogP contribution in [-0.4, -0.2) is 5.84 Å². The van der Waals surface area contributed by atoms with Crippen LogP contribution in [-0.2, 0) is 12.8 Å². The summed E-state index contributed by atoms with van der Waals surface area (Å²) in [6.45, 7) is 1.99.